The SMILES string of the molecule is Cc1nc(-c2nc3cccc(C(=O)O)c3o2)cs1. The van der Waals surface area contributed by atoms with Crippen molar-refractivity contribution in [3.63, 3.8) is 0 Å². The first kappa shape index (κ1) is 10.9. The third-order valence-corrected chi connectivity index (χ3v) is 3.26. The summed E-state index contributed by atoms with van der Waals surface area (Å²) in [5.41, 5.74) is 1.55. The van der Waals surface area contributed by atoms with Crippen molar-refractivity contribution in [2.75, 3.05) is 0 Å². The molecule has 3 aromatic rings. The van der Waals surface area contributed by atoms with E-state index in [-0.39, 0.29) is 11.1 Å². The van der Waals surface area contributed by atoms with Crippen LogP contribution in [0.3, 0.4) is 0 Å². The van der Waals surface area contributed by atoms with E-state index in [0.717, 1.165) is 5.01 Å². The van der Waals surface area contributed by atoms with Crippen molar-refractivity contribution in [1.82, 2.24) is 9.97 Å². The molecule has 0 amide bonds. The van der Waals surface area contributed by atoms with Crippen molar-refractivity contribution < 1.29 is 14.3 Å². The monoisotopic (exact) mass is 260 g/mol. The van der Waals surface area contributed by atoms with E-state index in [9.17, 15) is 4.79 Å². The highest BCUT2D eigenvalue weighted by molar-refractivity contribution is 7.09. The molecule has 0 atom stereocenters. The molecule has 0 saturated carbocycles. The van der Waals surface area contributed by atoms with Crippen LogP contribution in [0, 0.1) is 6.92 Å². The molecule has 1 N–H and O–H groups in total. The van der Waals surface area contributed by atoms with Crippen LogP contribution in [0.5, 0.6) is 0 Å². The molecule has 18 heavy (non-hydrogen) atoms. The lowest BCUT2D eigenvalue weighted by atomic mass is 10.2. The van der Waals surface area contributed by atoms with Crippen LogP contribution in [0.2, 0.25) is 0 Å². The van der Waals surface area contributed by atoms with Gasteiger partial charge in [0.15, 0.2) is 5.58 Å². The Kier molecular flexibility index (Phi) is 2.38. The number of rotatable bonds is 2. The summed E-state index contributed by atoms with van der Waals surface area (Å²) in [5.74, 6) is -0.680. The van der Waals surface area contributed by atoms with Crippen LogP contribution < -0.4 is 0 Å². The highest BCUT2D eigenvalue weighted by Gasteiger charge is 2.16. The highest BCUT2D eigenvalue weighted by atomic mass is 32.1. The van der Waals surface area contributed by atoms with E-state index in [1.165, 1.54) is 17.4 Å². The molecular weight excluding hydrogens is 252 g/mol. The maximum atomic E-state index is 11.1. The topological polar surface area (TPSA) is 76.2 Å². The third kappa shape index (κ3) is 1.67. The van der Waals surface area contributed by atoms with Gasteiger partial charge < -0.3 is 9.52 Å². The van der Waals surface area contributed by atoms with Gasteiger partial charge in [-0.3, -0.25) is 0 Å². The molecule has 90 valence electrons. The second kappa shape index (κ2) is 3.92. The van der Waals surface area contributed by atoms with Crippen molar-refractivity contribution in [2.24, 2.45) is 0 Å². The van der Waals surface area contributed by atoms with Gasteiger partial charge in [0, 0.05) is 5.38 Å². The number of oxazole rings is 1. The number of carboxylic acid groups (broad SMARTS) is 1. The maximum Gasteiger partial charge on any atom is 0.339 e. The summed E-state index contributed by atoms with van der Waals surface area (Å²) in [4.78, 5) is 19.6. The number of aromatic nitrogens is 2. The number of para-hydroxylation sites is 1. The Balaban J connectivity index is 2.22. The van der Waals surface area contributed by atoms with Gasteiger partial charge in [-0.1, -0.05) is 6.07 Å². The van der Waals surface area contributed by atoms with Gasteiger partial charge in [0.05, 0.1) is 5.01 Å². The van der Waals surface area contributed by atoms with Crippen molar-refractivity contribution in [3.05, 3.63) is 34.2 Å². The minimum Gasteiger partial charge on any atom is -0.478 e. The smallest absolute Gasteiger partial charge is 0.339 e. The number of benzene rings is 1. The van der Waals surface area contributed by atoms with Gasteiger partial charge in [-0.15, -0.1) is 11.3 Å². The van der Waals surface area contributed by atoms with E-state index in [4.69, 9.17) is 9.52 Å². The fourth-order valence-corrected chi connectivity index (χ4v) is 2.28. The molecule has 0 spiro atoms. The summed E-state index contributed by atoms with van der Waals surface area (Å²) in [6.45, 7) is 1.89. The van der Waals surface area contributed by atoms with Gasteiger partial charge in [-0.2, -0.15) is 0 Å². The molecule has 0 bridgehead atoms. The number of hydrogen-bond acceptors (Lipinski definition) is 5. The van der Waals surface area contributed by atoms with Gasteiger partial charge in [-0.25, -0.2) is 14.8 Å². The lowest BCUT2D eigenvalue weighted by molar-refractivity contribution is 0.0698. The van der Waals surface area contributed by atoms with Crippen molar-refractivity contribution in [1.29, 1.82) is 0 Å². The minimum absolute atomic E-state index is 0.109. The van der Waals surface area contributed by atoms with Gasteiger partial charge in [0.1, 0.15) is 16.8 Å². The van der Waals surface area contributed by atoms with Gasteiger partial charge in [0.2, 0.25) is 5.89 Å². The molecule has 0 saturated heterocycles. The first-order chi connectivity index (χ1) is 8.65. The lowest BCUT2D eigenvalue weighted by Crippen LogP contribution is -1.95. The zero-order valence-corrected chi connectivity index (χ0v) is 10.2. The van der Waals surface area contributed by atoms with E-state index in [0.29, 0.717) is 17.1 Å². The first-order valence-electron chi connectivity index (χ1n) is 5.20. The second-order valence-electron chi connectivity index (χ2n) is 3.73. The minimum atomic E-state index is -1.03. The number of thiazole rings is 1. The summed E-state index contributed by atoms with van der Waals surface area (Å²) < 4.78 is 5.51. The Morgan fingerprint density at radius 3 is 2.89 bits per heavy atom. The van der Waals surface area contributed by atoms with Crippen LogP contribution in [0.1, 0.15) is 15.4 Å². The maximum absolute atomic E-state index is 11.1. The Hall–Kier alpha value is -2.21. The molecule has 0 aliphatic carbocycles. The van der Waals surface area contributed by atoms with Gasteiger partial charge in [0.25, 0.3) is 0 Å². The number of carboxylic acids is 1. The molecule has 2 heterocycles. The summed E-state index contributed by atoms with van der Waals surface area (Å²) in [7, 11) is 0. The van der Waals surface area contributed by atoms with E-state index >= 15 is 0 Å². The molecule has 0 aliphatic heterocycles. The average Bonchev–Trinajstić information content (AvgIpc) is 2.93. The zero-order chi connectivity index (χ0) is 12.7. The molecule has 6 heteroatoms. The van der Waals surface area contributed by atoms with Crippen molar-refractivity contribution >= 4 is 28.4 Å². The Morgan fingerprint density at radius 2 is 2.22 bits per heavy atom. The molecule has 0 fully saturated rings. The second-order valence-corrected chi connectivity index (χ2v) is 4.79. The summed E-state index contributed by atoms with van der Waals surface area (Å²) in [5, 5.41) is 11.8. The lowest BCUT2D eigenvalue weighted by Gasteiger charge is -1.92. The predicted molar refractivity (Wildman–Crippen MR) is 66.8 cm³/mol. The van der Waals surface area contributed by atoms with Crippen LogP contribution in [-0.2, 0) is 0 Å². The Labute approximate surface area is 106 Å². The van der Waals surface area contributed by atoms with E-state index < -0.39 is 5.97 Å². The van der Waals surface area contributed by atoms with Crippen LogP contribution >= 0.6 is 11.3 Å². The standard InChI is InChI=1S/C12H8N2O3S/c1-6-13-9(5-18-6)11-14-8-4-2-3-7(12(15)16)10(8)17-11/h2-5H,1H3,(H,15,16). The van der Waals surface area contributed by atoms with E-state index in [1.54, 1.807) is 12.1 Å². The van der Waals surface area contributed by atoms with E-state index in [1.807, 2.05) is 12.3 Å². The molecule has 1 aromatic carbocycles. The van der Waals surface area contributed by atoms with Crippen LogP contribution in [0.25, 0.3) is 22.7 Å². The number of fused-ring (bicyclic) bond motifs is 1. The van der Waals surface area contributed by atoms with Gasteiger partial charge >= 0.3 is 5.97 Å². The quantitative estimate of drug-likeness (QED) is 0.766. The molecule has 0 radical (unpaired) electrons. The number of carbonyl (C=O) groups is 1. The normalized spacial score (nSPS) is 10.9. The number of hydrogen-bond donors (Lipinski definition) is 1. The fraction of sp³-hybridized carbons (Fsp3) is 0.0833. The first-order valence-corrected chi connectivity index (χ1v) is 6.08. The summed E-state index contributed by atoms with van der Waals surface area (Å²) in [6, 6.07) is 4.85. The third-order valence-electron chi connectivity index (χ3n) is 2.48. The fourth-order valence-electron chi connectivity index (χ4n) is 1.69. The van der Waals surface area contributed by atoms with Crippen LogP contribution in [-0.4, -0.2) is 21.0 Å². The largest absolute Gasteiger partial charge is 0.478 e. The Morgan fingerprint density at radius 1 is 1.39 bits per heavy atom. The van der Waals surface area contributed by atoms with Crippen molar-refractivity contribution in [2.45, 2.75) is 6.92 Å². The summed E-state index contributed by atoms with van der Waals surface area (Å²) in [6.07, 6.45) is 0. The molecule has 0 aliphatic rings. The molecule has 5 nitrogen and oxygen atoms in total. The average molecular weight is 260 g/mol. The number of nitrogens with zero attached hydrogens (tertiary/aromatic N) is 2. The van der Waals surface area contributed by atoms with Crippen LogP contribution in [0.4, 0.5) is 0 Å². The van der Waals surface area contributed by atoms with Crippen LogP contribution in [0.15, 0.2) is 28.0 Å². The Bertz CT molecular complexity index is 745. The number of aromatic carboxylic acids is 1. The zero-order valence-electron chi connectivity index (χ0n) is 9.38. The predicted octanol–water partition coefficient (Wildman–Crippen LogP) is 2.96. The molecule has 0 unspecified atom stereocenters. The highest BCUT2D eigenvalue weighted by Crippen LogP contribution is 2.27. The molecule has 3 rings (SSSR count). The number of aryl methyl sites for hydroxylation is 1. The van der Waals surface area contributed by atoms with E-state index in [2.05, 4.69) is 9.97 Å². The van der Waals surface area contributed by atoms with Crippen molar-refractivity contribution in [3.8, 4) is 11.6 Å². The summed E-state index contributed by atoms with van der Waals surface area (Å²) >= 11 is 1.49. The molecular formula is C12H8N2O3S. The molecule has 2 aromatic heterocycles. The van der Waals surface area contributed by atoms with Gasteiger partial charge in [-0.05, 0) is 19.1 Å².